The van der Waals surface area contributed by atoms with E-state index in [9.17, 15) is 4.79 Å². The number of benzene rings is 1. The van der Waals surface area contributed by atoms with Crippen molar-refractivity contribution in [3.8, 4) is 0 Å². The minimum Gasteiger partial charge on any atom is -0.330 e. The second-order valence-corrected chi connectivity index (χ2v) is 6.49. The van der Waals surface area contributed by atoms with Gasteiger partial charge in [-0.15, -0.1) is 0 Å². The Morgan fingerprint density at radius 3 is 2.57 bits per heavy atom. The molecule has 1 aromatic carbocycles. The third-order valence-electron chi connectivity index (χ3n) is 3.94. The van der Waals surface area contributed by atoms with Crippen LogP contribution in [0, 0.1) is 11.8 Å². The van der Waals surface area contributed by atoms with Crippen LogP contribution in [0.25, 0.3) is 0 Å². The smallest absolute Gasteiger partial charge is 0.162 e. The van der Waals surface area contributed by atoms with Gasteiger partial charge in [0.05, 0.1) is 0 Å². The maximum atomic E-state index is 12.4. The molecule has 0 bridgehead atoms. The van der Waals surface area contributed by atoms with E-state index >= 15 is 0 Å². The highest BCUT2D eigenvalue weighted by atomic mass is 16.1. The molecule has 21 heavy (non-hydrogen) atoms. The minimum absolute atomic E-state index is 0.277. The van der Waals surface area contributed by atoms with Crippen molar-refractivity contribution in [2.45, 2.75) is 59.3 Å². The van der Waals surface area contributed by atoms with Crippen molar-refractivity contribution in [1.29, 1.82) is 0 Å². The lowest BCUT2D eigenvalue weighted by Crippen LogP contribution is -2.11. The molecule has 2 nitrogen and oxygen atoms in total. The molecule has 1 aromatic rings. The van der Waals surface area contributed by atoms with Crippen molar-refractivity contribution in [1.82, 2.24) is 0 Å². The first-order valence-corrected chi connectivity index (χ1v) is 8.39. The first-order valence-electron chi connectivity index (χ1n) is 8.39. The number of hydrogen-bond donors (Lipinski definition) is 1. The second-order valence-electron chi connectivity index (χ2n) is 6.49. The molecular formula is C19H31NO. The summed E-state index contributed by atoms with van der Waals surface area (Å²) in [6.45, 7) is 7.33. The Morgan fingerprint density at radius 2 is 1.95 bits per heavy atom. The van der Waals surface area contributed by atoms with E-state index in [4.69, 9.17) is 5.73 Å². The number of carbonyl (C=O) groups excluding carboxylic acids is 1. The van der Waals surface area contributed by atoms with Crippen LogP contribution in [0.1, 0.15) is 68.8 Å². The van der Waals surface area contributed by atoms with Gasteiger partial charge in [0, 0.05) is 12.0 Å². The normalized spacial score (nSPS) is 12.6. The van der Waals surface area contributed by atoms with Gasteiger partial charge in [0.2, 0.25) is 0 Å². The summed E-state index contributed by atoms with van der Waals surface area (Å²) in [5.74, 6) is 1.50. The van der Waals surface area contributed by atoms with E-state index in [0.717, 1.165) is 31.4 Å². The van der Waals surface area contributed by atoms with Crippen LogP contribution >= 0.6 is 0 Å². The highest BCUT2D eigenvalue weighted by molar-refractivity contribution is 5.96. The van der Waals surface area contributed by atoms with E-state index < -0.39 is 0 Å². The van der Waals surface area contributed by atoms with Crippen molar-refractivity contribution in [3.05, 3.63) is 35.4 Å². The van der Waals surface area contributed by atoms with E-state index in [2.05, 4.69) is 32.9 Å². The SMILES string of the molecule is CCCC(CCN)CCC(=O)c1cccc(CC(C)C)c1. The van der Waals surface area contributed by atoms with E-state index in [-0.39, 0.29) is 5.78 Å². The summed E-state index contributed by atoms with van der Waals surface area (Å²) < 4.78 is 0. The highest BCUT2D eigenvalue weighted by Gasteiger charge is 2.12. The van der Waals surface area contributed by atoms with Gasteiger partial charge in [-0.05, 0) is 49.3 Å². The van der Waals surface area contributed by atoms with Gasteiger partial charge in [-0.1, -0.05) is 51.8 Å². The molecule has 118 valence electrons. The summed E-state index contributed by atoms with van der Waals surface area (Å²) in [5.41, 5.74) is 7.80. The largest absolute Gasteiger partial charge is 0.330 e. The summed E-state index contributed by atoms with van der Waals surface area (Å²) >= 11 is 0. The van der Waals surface area contributed by atoms with Gasteiger partial charge in [0.15, 0.2) is 5.78 Å². The van der Waals surface area contributed by atoms with Gasteiger partial charge in [0.1, 0.15) is 0 Å². The molecule has 0 aromatic heterocycles. The fourth-order valence-electron chi connectivity index (χ4n) is 2.90. The summed E-state index contributed by atoms with van der Waals surface area (Å²) in [5, 5.41) is 0. The quantitative estimate of drug-likeness (QED) is 0.639. The van der Waals surface area contributed by atoms with Crippen molar-refractivity contribution in [3.63, 3.8) is 0 Å². The monoisotopic (exact) mass is 289 g/mol. The zero-order valence-corrected chi connectivity index (χ0v) is 13.9. The van der Waals surface area contributed by atoms with Crippen LogP contribution in [0.2, 0.25) is 0 Å². The second kappa shape index (κ2) is 9.73. The van der Waals surface area contributed by atoms with Gasteiger partial charge in [-0.2, -0.15) is 0 Å². The molecule has 2 heteroatoms. The Hall–Kier alpha value is -1.15. The molecule has 0 aliphatic heterocycles. The van der Waals surface area contributed by atoms with E-state index in [1.165, 1.54) is 18.4 Å². The Morgan fingerprint density at radius 1 is 1.19 bits per heavy atom. The van der Waals surface area contributed by atoms with Crippen LogP contribution in [-0.2, 0) is 6.42 Å². The molecule has 0 spiro atoms. The van der Waals surface area contributed by atoms with Gasteiger partial charge in [-0.25, -0.2) is 0 Å². The fraction of sp³-hybridized carbons (Fsp3) is 0.632. The maximum absolute atomic E-state index is 12.4. The Bertz CT molecular complexity index is 419. The van der Waals surface area contributed by atoms with Gasteiger partial charge < -0.3 is 5.73 Å². The van der Waals surface area contributed by atoms with Gasteiger partial charge in [-0.3, -0.25) is 4.79 Å². The van der Waals surface area contributed by atoms with Crippen LogP contribution in [-0.4, -0.2) is 12.3 Å². The topological polar surface area (TPSA) is 43.1 Å². The van der Waals surface area contributed by atoms with Gasteiger partial charge in [0.25, 0.3) is 0 Å². The third-order valence-corrected chi connectivity index (χ3v) is 3.94. The molecule has 0 saturated carbocycles. The molecule has 1 rings (SSSR count). The fourth-order valence-corrected chi connectivity index (χ4v) is 2.90. The van der Waals surface area contributed by atoms with Crippen molar-refractivity contribution in [2.24, 2.45) is 17.6 Å². The van der Waals surface area contributed by atoms with E-state index in [1.807, 2.05) is 12.1 Å². The molecule has 0 aliphatic rings. The predicted octanol–water partition coefficient (Wildman–Crippen LogP) is 4.61. The molecule has 0 aliphatic carbocycles. The molecule has 1 atom stereocenters. The molecule has 0 radical (unpaired) electrons. The Labute approximate surface area is 130 Å². The summed E-state index contributed by atoms with van der Waals surface area (Å²) in [7, 11) is 0. The average molecular weight is 289 g/mol. The Kier molecular flexibility index (Phi) is 8.29. The lowest BCUT2D eigenvalue weighted by molar-refractivity contribution is 0.0972. The van der Waals surface area contributed by atoms with Crippen LogP contribution in [0.5, 0.6) is 0 Å². The lowest BCUT2D eigenvalue weighted by Gasteiger charge is -2.14. The summed E-state index contributed by atoms with van der Waals surface area (Å²) in [6.07, 6.45) is 6.04. The number of ketones is 1. The average Bonchev–Trinajstić information content (AvgIpc) is 2.44. The van der Waals surface area contributed by atoms with Crippen LogP contribution in [0.3, 0.4) is 0 Å². The minimum atomic E-state index is 0.277. The number of Topliss-reactive ketones (excluding diaryl/α,β-unsaturated/α-hetero) is 1. The summed E-state index contributed by atoms with van der Waals surface area (Å²) in [4.78, 5) is 12.4. The number of hydrogen-bond acceptors (Lipinski definition) is 2. The highest BCUT2D eigenvalue weighted by Crippen LogP contribution is 2.19. The predicted molar refractivity (Wildman–Crippen MR) is 90.6 cm³/mol. The first-order chi connectivity index (χ1) is 10.1. The molecule has 0 fully saturated rings. The van der Waals surface area contributed by atoms with E-state index in [0.29, 0.717) is 18.3 Å². The molecule has 1 unspecified atom stereocenters. The number of carbonyl (C=O) groups is 1. The standard InChI is InChI=1S/C19H31NO/c1-4-6-16(11-12-20)9-10-19(21)18-8-5-7-17(14-18)13-15(2)3/h5,7-8,14-16H,4,6,9-13,20H2,1-3H3. The van der Waals surface area contributed by atoms with Crippen molar-refractivity contribution >= 4 is 5.78 Å². The zero-order chi connectivity index (χ0) is 15.7. The molecule has 0 amide bonds. The van der Waals surface area contributed by atoms with Crippen LogP contribution < -0.4 is 5.73 Å². The zero-order valence-electron chi connectivity index (χ0n) is 13.9. The molecular weight excluding hydrogens is 258 g/mol. The van der Waals surface area contributed by atoms with Crippen LogP contribution in [0.4, 0.5) is 0 Å². The van der Waals surface area contributed by atoms with Gasteiger partial charge >= 0.3 is 0 Å². The van der Waals surface area contributed by atoms with E-state index in [1.54, 1.807) is 0 Å². The third kappa shape index (κ3) is 6.90. The van der Waals surface area contributed by atoms with Crippen molar-refractivity contribution in [2.75, 3.05) is 6.54 Å². The molecule has 0 heterocycles. The molecule has 0 saturated heterocycles. The first kappa shape index (κ1) is 17.9. The summed E-state index contributed by atoms with van der Waals surface area (Å²) in [6, 6.07) is 8.14. The van der Waals surface area contributed by atoms with Crippen LogP contribution in [0.15, 0.2) is 24.3 Å². The number of rotatable bonds is 10. The number of nitrogens with two attached hydrogens (primary N) is 1. The van der Waals surface area contributed by atoms with Crippen molar-refractivity contribution < 1.29 is 4.79 Å². The molecule has 2 N–H and O–H groups in total. The lowest BCUT2D eigenvalue weighted by atomic mass is 9.91. The maximum Gasteiger partial charge on any atom is 0.162 e. The Balaban J connectivity index is 2.58.